The first-order valence-electron chi connectivity index (χ1n) is 9.55. The van der Waals surface area contributed by atoms with Crippen LogP contribution in [0.15, 0.2) is 48.5 Å². The van der Waals surface area contributed by atoms with Crippen molar-refractivity contribution >= 4 is 39.7 Å². The highest BCUT2D eigenvalue weighted by atomic mass is 32.2. The van der Waals surface area contributed by atoms with Gasteiger partial charge in [-0.05, 0) is 48.5 Å². The average molecular weight is 432 g/mol. The van der Waals surface area contributed by atoms with Crippen molar-refractivity contribution in [2.45, 2.75) is 0 Å². The molecule has 0 spiro atoms. The number of anilines is 3. The molecule has 1 saturated heterocycles. The van der Waals surface area contributed by atoms with E-state index >= 15 is 0 Å². The normalized spacial score (nSPS) is 14.6. The molecule has 1 aliphatic rings. The van der Waals surface area contributed by atoms with E-state index in [1.165, 1.54) is 0 Å². The van der Waals surface area contributed by atoms with Gasteiger partial charge in [0.1, 0.15) is 17.3 Å². The van der Waals surface area contributed by atoms with Gasteiger partial charge in [-0.25, -0.2) is 0 Å². The lowest BCUT2D eigenvalue weighted by atomic mass is 10.2. The molecular formula is C21H25N3O5S. The Kier molecular flexibility index (Phi) is 7.81. The Hall–Kier alpha value is -2.91. The van der Waals surface area contributed by atoms with Gasteiger partial charge in [0.15, 0.2) is 0 Å². The van der Waals surface area contributed by atoms with Crippen molar-refractivity contribution in [3.05, 3.63) is 48.5 Å². The molecule has 8 nitrogen and oxygen atoms in total. The molecule has 0 saturated carbocycles. The van der Waals surface area contributed by atoms with Gasteiger partial charge in [0, 0.05) is 41.0 Å². The molecule has 160 valence electrons. The van der Waals surface area contributed by atoms with Crippen LogP contribution in [0.25, 0.3) is 0 Å². The maximum Gasteiger partial charge on any atom is 0.237 e. The molecule has 2 amide bonds. The number of benzene rings is 2. The van der Waals surface area contributed by atoms with Crippen molar-refractivity contribution in [3.8, 4) is 5.75 Å². The minimum absolute atomic E-state index is 0.249. The summed E-state index contributed by atoms with van der Waals surface area (Å²) in [6.45, 7) is 3.08. The number of hydrogen-bond donors (Lipinski definition) is 2. The molecule has 1 atom stereocenters. The van der Waals surface area contributed by atoms with Crippen LogP contribution in [0.3, 0.4) is 0 Å². The largest absolute Gasteiger partial charge is 0.497 e. The van der Waals surface area contributed by atoms with E-state index in [9.17, 15) is 13.8 Å². The molecule has 1 heterocycles. The van der Waals surface area contributed by atoms with Gasteiger partial charge in [-0.15, -0.1) is 0 Å². The van der Waals surface area contributed by atoms with Crippen molar-refractivity contribution < 1.29 is 23.3 Å². The molecule has 1 fully saturated rings. The Labute approximate surface area is 178 Å². The lowest BCUT2D eigenvalue weighted by Crippen LogP contribution is -2.36. The summed E-state index contributed by atoms with van der Waals surface area (Å²) in [5.41, 5.74) is 2.26. The highest BCUT2D eigenvalue weighted by Crippen LogP contribution is 2.19. The Bertz CT molecular complexity index is 881. The highest BCUT2D eigenvalue weighted by Gasteiger charge is 2.14. The number of hydrogen-bond acceptors (Lipinski definition) is 6. The molecule has 9 heteroatoms. The maximum absolute atomic E-state index is 12.2. The minimum atomic E-state index is -1.61. The van der Waals surface area contributed by atoms with E-state index in [0.717, 1.165) is 18.8 Å². The average Bonchev–Trinajstić information content (AvgIpc) is 2.75. The van der Waals surface area contributed by atoms with Gasteiger partial charge in [0.05, 0.1) is 20.3 Å². The summed E-state index contributed by atoms with van der Waals surface area (Å²) in [7, 11) is -0.0568. The van der Waals surface area contributed by atoms with Crippen molar-refractivity contribution in [3.63, 3.8) is 0 Å². The molecule has 0 aliphatic carbocycles. The van der Waals surface area contributed by atoms with Crippen molar-refractivity contribution in [2.75, 3.05) is 60.5 Å². The second kappa shape index (κ2) is 10.7. The number of morpholine rings is 1. The molecule has 0 aromatic heterocycles. The molecular weight excluding hydrogens is 406 g/mol. The number of ether oxygens (including phenoxy) is 2. The van der Waals surface area contributed by atoms with E-state index < -0.39 is 22.6 Å². The summed E-state index contributed by atoms with van der Waals surface area (Å²) in [5.74, 6) is -0.645. The third kappa shape index (κ3) is 6.57. The van der Waals surface area contributed by atoms with E-state index in [2.05, 4.69) is 15.5 Å². The van der Waals surface area contributed by atoms with Crippen LogP contribution in [0.4, 0.5) is 17.1 Å². The van der Waals surface area contributed by atoms with Crippen LogP contribution in [0.2, 0.25) is 0 Å². The first-order chi connectivity index (χ1) is 14.5. The zero-order valence-corrected chi connectivity index (χ0v) is 17.6. The number of carbonyl (C=O) groups is 2. The fourth-order valence-corrected chi connectivity index (χ4v) is 3.82. The standard InChI is InChI=1S/C21H25N3O5S/c1-28-19-8-4-17(5-9-19)23-21(26)15-30(27)14-20(25)22-16-2-6-18(7-3-16)24-10-12-29-13-11-24/h2-9H,10-15H2,1H3,(H,22,25)(H,23,26)/t30-/m1/s1. The van der Waals surface area contributed by atoms with E-state index in [0.29, 0.717) is 30.3 Å². The summed E-state index contributed by atoms with van der Waals surface area (Å²) in [6, 6.07) is 14.3. The molecule has 3 rings (SSSR count). The van der Waals surface area contributed by atoms with Crippen molar-refractivity contribution in [2.24, 2.45) is 0 Å². The maximum atomic E-state index is 12.2. The molecule has 0 unspecified atom stereocenters. The monoisotopic (exact) mass is 431 g/mol. The van der Waals surface area contributed by atoms with Gasteiger partial charge in [0.25, 0.3) is 0 Å². The van der Waals surface area contributed by atoms with Gasteiger partial charge in [-0.2, -0.15) is 0 Å². The highest BCUT2D eigenvalue weighted by molar-refractivity contribution is 7.86. The van der Waals surface area contributed by atoms with E-state index in [4.69, 9.17) is 9.47 Å². The van der Waals surface area contributed by atoms with Crippen molar-refractivity contribution in [1.82, 2.24) is 0 Å². The van der Waals surface area contributed by atoms with E-state index in [1.54, 1.807) is 31.4 Å². The number of nitrogens with zero attached hydrogens (tertiary/aromatic N) is 1. The number of carbonyl (C=O) groups excluding carboxylic acids is 2. The second-order valence-corrected chi connectivity index (χ2v) is 8.16. The van der Waals surface area contributed by atoms with Crippen LogP contribution >= 0.6 is 0 Å². The van der Waals surface area contributed by atoms with Gasteiger partial charge in [-0.1, -0.05) is 0 Å². The predicted molar refractivity (Wildman–Crippen MR) is 118 cm³/mol. The first kappa shape index (κ1) is 21.8. The van der Waals surface area contributed by atoms with Gasteiger partial charge in [-0.3, -0.25) is 13.8 Å². The summed E-state index contributed by atoms with van der Waals surface area (Å²) < 4.78 is 22.6. The Morgan fingerprint density at radius 2 is 1.43 bits per heavy atom. The molecule has 2 aromatic carbocycles. The SMILES string of the molecule is COc1ccc(NC(=O)C[S@](=O)CC(=O)Nc2ccc(N3CCOCC3)cc2)cc1. The number of rotatable bonds is 8. The van der Waals surface area contributed by atoms with Crippen LogP contribution < -0.4 is 20.3 Å². The molecule has 0 bridgehead atoms. The number of methoxy groups -OCH3 is 1. The van der Waals surface area contributed by atoms with Gasteiger partial charge < -0.3 is 25.0 Å². The topological polar surface area (TPSA) is 97.0 Å². The number of amides is 2. The quantitative estimate of drug-likeness (QED) is 0.662. The number of nitrogens with one attached hydrogen (secondary N) is 2. The zero-order valence-electron chi connectivity index (χ0n) is 16.8. The second-order valence-electron chi connectivity index (χ2n) is 6.70. The van der Waals surface area contributed by atoms with Crippen LogP contribution in [0.5, 0.6) is 5.75 Å². The zero-order chi connectivity index (χ0) is 21.3. The fraction of sp³-hybridized carbons (Fsp3) is 0.333. The van der Waals surface area contributed by atoms with E-state index in [1.807, 2.05) is 24.3 Å². The lowest BCUT2D eigenvalue weighted by molar-refractivity contribution is -0.114. The summed E-state index contributed by atoms with van der Waals surface area (Å²) in [4.78, 5) is 26.4. The minimum Gasteiger partial charge on any atom is -0.497 e. The van der Waals surface area contributed by atoms with Crippen LogP contribution in [0, 0.1) is 0 Å². The summed E-state index contributed by atoms with van der Waals surface area (Å²) >= 11 is 0. The predicted octanol–water partition coefficient (Wildman–Crippen LogP) is 1.86. The summed E-state index contributed by atoms with van der Waals surface area (Å²) in [5, 5.41) is 5.37. The van der Waals surface area contributed by atoms with Crippen LogP contribution in [0.1, 0.15) is 0 Å². The Balaban J connectivity index is 1.43. The van der Waals surface area contributed by atoms with Gasteiger partial charge >= 0.3 is 0 Å². The Morgan fingerprint density at radius 1 is 0.933 bits per heavy atom. The molecule has 1 aliphatic heterocycles. The van der Waals surface area contributed by atoms with Crippen LogP contribution in [-0.4, -0.2) is 60.9 Å². The molecule has 0 radical (unpaired) electrons. The van der Waals surface area contributed by atoms with Gasteiger partial charge in [0.2, 0.25) is 11.8 Å². The molecule has 2 N–H and O–H groups in total. The lowest BCUT2D eigenvalue weighted by Gasteiger charge is -2.28. The van der Waals surface area contributed by atoms with E-state index in [-0.39, 0.29) is 11.5 Å². The van der Waals surface area contributed by atoms with Crippen LogP contribution in [-0.2, 0) is 25.1 Å². The first-order valence-corrected chi connectivity index (χ1v) is 11.0. The Morgan fingerprint density at radius 3 is 1.93 bits per heavy atom. The third-order valence-corrected chi connectivity index (χ3v) is 5.65. The third-order valence-electron chi connectivity index (χ3n) is 4.49. The smallest absolute Gasteiger partial charge is 0.237 e. The molecule has 30 heavy (non-hydrogen) atoms. The summed E-state index contributed by atoms with van der Waals surface area (Å²) in [6.07, 6.45) is 0. The fourth-order valence-electron chi connectivity index (χ4n) is 2.99. The van der Waals surface area contributed by atoms with Crippen molar-refractivity contribution in [1.29, 1.82) is 0 Å². The molecule has 2 aromatic rings.